The molecule has 1 rings (SSSR count). The van der Waals surface area contributed by atoms with Crippen LogP contribution >= 0.6 is 0 Å². The Labute approximate surface area is 141 Å². The number of aliphatic hydroxyl groups is 1. The molecule has 0 bridgehead atoms. The van der Waals surface area contributed by atoms with Gasteiger partial charge in [0.05, 0.1) is 18.3 Å². The first kappa shape index (κ1) is 20.2. The normalized spacial score (nSPS) is 23.3. The minimum Gasteiger partial charge on any atom is -0.444 e. The van der Waals surface area contributed by atoms with Crippen molar-refractivity contribution in [2.75, 3.05) is 13.2 Å². The zero-order valence-corrected chi connectivity index (χ0v) is 15.7. The van der Waals surface area contributed by atoms with Crippen LogP contribution < -0.4 is 5.32 Å². The van der Waals surface area contributed by atoms with Crippen LogP contribution in [0, 0.1) is 5.41 Å². The lowest BCUT2D eigenvalue weighted by molar-refractivity contribution is -0.0460. The molecule has 2 atom stereocenters. The van der Waals surface area contributed by atoms with E-state index in [1.54, 1.807) is 0 Å². The summed E-state index contributed by atoms with van der Waals surface area (Å²) in [5.41, 5.74) is -0.956. The quantitative estimate of drug-likeness (QED) is 0.748. The summed E-state index contributed by atoms with van der Waals surface area (Å²) < 4.78 is 11.4. The van der Waals surface area contributed by atoms with Gasteiger partial charge >= 0.3 is 6.09 Å². The summed E-state index contributed by atoms with van der Waals surface area (Å²) in [6, 6.07) is 0. The molecule has 5 nitrogen and oxygen atoms in total. The molecule has 0 aromatic heterocycles. The molecule has 0 aliphatic carbocycles. The molecule has 1 fully saturated rings. The van der Waals surface area contributed by atoms with Gasteiger partial charge in [-0.2, -0.15) is 0 Å². The van der Waals surface area contributed by atoms with Crippen molar-refractivity contribution in [3.63, 3.8) is 0 Å². The Hall–Kier alpha value is -0.810. The van der Waals surface area contributed by atoms with Gasteiger partial charge < -0.3 is 19.9 Å². The third kappa shape index (κ3) is 7.08. The minimum atomic E-state index is -0.519. The van der Waals surface area contributed by atoms with E-state index in [1.165, 1.54) is 0 Å². The summed E-state index contributed by atoms with van der Waals surface area (Å²) in [5, 5.41) is 12.8. The Bertz CT molecular complexity index is 389. The Morgan fingerprint density at radius 3 is 2.48 bits per heavy atom. The monoisotopic (exact) mass is 329 g/mol. The highest BCUT2D eigenvalue weighted by Gasteiger charge is 2.39. The van der Waals surface area contributed by atoms with Crippen LogP contribution in [0.2, 0.25) is 0 Å². The van der Waals surface area contributed by atoms with Crippen molar-refractivity contribution >= 4 is 6.09 Å². The molecule has 1 aliphatic heterocycles. The minimum absolute atomic E-state index is 0.0386. The number of carbonyl (C=O) groups excluding carboxylic acids is 1. The van der Waals surface area contributed by atoms with Crippen molar-refractivity contribution in [2.24, 2.45) is 5.41 Å². The van der Waals surface area contributed by atoms with Gasteiger partial charge in [-0.05, 0) is 60.3 Å². The highest BCUT2D eigenvalue weighted by molar-refractivity contribution is 5.67. The van der Waals surface area contributed by atoms with E-state index in [9.17, 15) is 9.90 Å². The van der Waals surface area contributed by atoms with Crippen molar-refractivity contribution in [3.05, 3.63) is 0 Å². The predicted molar refractivity (Wildman–Crippen MR) is 91.5 cm³/mol. The number of hydrogen-bond acceptors (Lipinski definition) is 4. The topological polar surface area (TPSA) is 67.8 Å². The van der Waals surface area contributed by atoms with E-state index in [1.807, 2.05) is 20.8 Å². The highest BCUT2D eigenvalue weighted by atomic mass is 16.6. The molecule has 0 radical (unpaired) electrons. The van der Waals surface area contributed by atoms with Crippen LogP contribution in [0.3, 0.4) is 0 Å². The molecule has 23 heavy (non-hydrogen) atoms. The van der Waals surface area contributed by atoms with Crippen molar-refractivity contribution < 1.29 is 19.4 Å². The second-order valence-electron chi connectivity index (χ2n) is 8.51. The number of carbonyl (C=O) groups is 1. The van der Waals surface area contributed by atoms with Gasteiger partial charge in [-0.15, -0.1) is 0 Å². The molecule has 1 amide bonds. The summed E-state index contributed by atoms with van der Waals surface area (Å²) in [5.74, 6) is 0. The van der Waals surface area contributed by atoms with Gasteiger partial charge in [0.15, 0.2) is 0 Å². The largest absolute Gasteiger partial charge is 0.444 e. The summed E-state index contributed by atoms with van der Waals surface area (Å²) in [7, 11) is 0. The molecular weight excluding hydrogens is 294 g/mol. The molecule has 2 unspecified atom stereocenters. The molecule has 0 spiro atoms. The Morgan fingerprint density at radius 2 is 2.04 bits per heavy atom. The fraction of sp³-hybridized carbons (Fsp3) is 0.944. The van der Waals surface area contributed by atoms with Gasteiger partial charge in [0.1, 0.15) is 5.60 Å². The van der Waals surface area contributed by atoms with Crippen molar-refractivity contribution in [1.29, 1.82) is 0 Å². The summed E-state index contributed by atoms with van der Waals surface area (Å²) >= 11 is 0. The number of amides is 1. The summed E-state index contributed by atoms with van der Waals surface area (Å²) in [6.45, 7) is 12.3. The highest BCUT2D eigenvalue weighted by Crippen LogP contribution is 2.38. The van der Waals surface area contributed by atoms with E-state index < -0.39 is 11.7 Å². The first-order chi connectivity index (χ1) is 10.5. The summed E-state index contributed by atoms with van der Waals surface area (Å²) in [4.78, 5) is 11.9. The molecule has 136 valence electrons. The van der Waals surface area contributed by atoms with Gasteiger partial charge in [-0.1, -0.05) is 13.3 Å². The number of hydrogen-bond donors (Lipinski definition) is 2. The van der Waals surface area contributed by atoms with Gasteiger partial charge in [-0.3, -0.25) is 0 Å². The summed E-state index contributed by atoms with van der Waals surface area (Å²) in [6.07, 6.45) is 4.31. The maximum Gasteiger partial charge on any atom is 0.407 e. The van der Waals surface area contributed by atoms with Crippen LogP contribution in [0.15, 0.2) is 0 Å². The van der Waals surface area contributed by atoms with Crippen LogP contribution in [-0.4, -0.2) is 41.7 Å². The maximum atomic E-state index is 11.9. The average Bonchev–Trinajstić information content (AvgIpc) is 2.73. The van der Waals surface area contributed by atoms with Crippen molar-refractivity contribution in [1.82, 2.24) is 5.32 Å². The fourth-order valence-electron chi connectivity index (χ4n) is 3.27. The number of nitrogens with one attached hydrogen (secondary N) is 1. The standard InChI is InChI=1S/C18H35NO4/c1-7-9-18(13-20,11-14-8-10-17(5,6)22-14)12-19-15(21)23-16(2,3)4/h14,20H,7-13H2,1-6H3,(H,19,21). The first-order valence-corrected chi connectivity index (χ1v) is 8.76. The van der Waals surface area contributed by atoms with Gasteiger partial charge in [0, 0.05) is 12.0 Å². The number of ether oxygens (including phenoxy) is 2. The van der Waals surface area contributed by atoms with E-state index >= 15 is 0 Å². The zero-order valence-electron chi connectivity index (χ0n) is 15.7. The van der Waals surface area contributed by atoms with Gasteiger partial charge in [-0.25, -0.2) is 4.79 Å². The molecule has 1 heterocycles. The van der Waals surface area contributed by atoms with Crippen LogP contribution in [0.5, 0.6) is 0 Å². The second-order valence-corrected chi connectivity index (χ2v) is 8.51. The fourth-order valence-corrected chi connectivity index (χ4v) is 3.27. The molecule has 1 aliphatic rings. The molecule has 0 aromatic carbocycles. The molecule has 5 heteroatoms. The van der Waals surface area contributed by atoms with E-state index in [4.69, 9.17) is 9.47 Å². The van der Waals surface area contributed by atoms with Crippen molar-refractivity contribution in [2.45, 2.75) is 91.0 Å². The lowest BCUT2D eigenvalue weighted by Gasteiger charge is -2.35. The maximum absolute atomic E-state index is 11.9. The molecule has 1 saturated heterocycles. The molecular formula is C18H35NO4. The third-order valence-electron chi connectivity index (χ3n) is 4.34. The van der Waals surface area contributed by atoms with Gasteiger partial charge in [0.2, 0.25) is 0 Å². The van der Waals surface area contributed by atoms with Crippen LogP contribution in [0.4, 0.5) is 4.79 Å². The third-order valence-corrected chi connectivity index (χ3v) is 4.34. The van der Waals surface area contributed by atoms with E-state index in [0.717, 1.165) is 32.1 Å². The van der Waals surface area contributed by atoms with Crippen LogP contribution in [0.25, 0.3) is 0 Å². The first-order valence-electron chi connectivity index (χ1n) is 8.76. The van der Waals surface area contributed by atoms with Gasteiger partial charge in [0.25, 0.3) is 0 Å². The van der Waals surface area contributed by atoms with Crippen LogP contribution in [-0.2, 0) is 9.47 Å². The Balaban J connectivity index is 2.65. The number of rotatable bonds is 7. The average molecular weight is 329 g/mol. The Morgan fingerprint density at radius 1 is 1.39 bits per heavy atom. The van der Waals surface area contributed by atoms with E-state index in [-0.39, 0.29) is 23.7 Å². The zero-order chi connectivity index (χ0) is 17.7. The molecule has 2 N–H and O–H groups in total. The smallest absolute Gasteiger partial charge is 0.407 e. The molecule has 0 aromatic rings. The second kappa shape index (κ2) is 7.84. The van der Waals surface area contributed by atoms with Crippen molar-refractivity contribution in [3.8, 4) is 0 Å². The lowest BCUT2D eigenvalue weighted by Crippen LogP contribution is -2.44. The number of aliphatic hydroxyl groups excluding tert-OH is 1. The molecule has 0 saturated carbocycles. The lowest BCUT2D eigenvalue weighted by atomic mass is 9.78. The number of alkyl carbamates (subject to hydrolysis) is 1. The SMILES string of the molecule is CCCC(CO)(CNC(=O)OC(C)(C)C)CC1CCC(C)(C)O1. The van der Waals surface area contributed by atoms with E-state index in [0.29, 0.717) is 6.54 Å². The van der Waals surface area contributed by atoms with E-state index in [2.05, 4.69) is 26.1 Å². The van der Waals surface area contributed by atoms with Crippen LogP contribution in [0.1, 0.15) is 73.6 Å². The Kier molecular flexibility index (Phi) is 6.90. The predicted octanol–water partition coefficient (Wildman–Crippen LogP) is 3.64.